The number of carbonyl (C=O) groups is 2. The molecule has 1 atom stereocenters. The molecule has 0 bridgehead atoms. The maximum atomic E-state index is 11.4. The van der Waals surface area contributed by atoms with E-state index >= 15 is 0 Å². The van der Waals surface area contributed by atoms with Gasteiger partial charge in [0.2, 0.25) is 0 Å². The minimum absolute atomic E-state index is 0.0282. The van der Waals surface area contributed by atoms with Crippen molar-refractivity contribution in [2.24, 2.45) is 5.92 Å². The molecule has 0 aromatic heterocycles. The zero-order valence-electron chi connectivity index (χ0n) is 9.42. The molecule has 0 amide bonds. The van der Waals surface area contributed by atoms with E-state index in [-0.39, 0.29) is 17.0 Å². The average molecular weight is 218 g/mol. The van der Waals surface area contributed by atoms with Crippen molar-refractivity contribution in [1.29, 1.82) is 0 Å². The monoisotopic (exact) mass is 218 g/mol. The predicted molar refractivity (Wildman–Crippen MR) is 58.1 cm³/mol. The first-order valence-corrected chi connectivity index (χ1v) is 5.57. The summed E-state index contributed by atoms with van der Waals surface area (Å²) >= 11 is 1.15. The van der Waals surface area contributed by atoms with E-state index in [9.17, 15) is 9.59 Å². The average Bonchev–Trinajstić information content (AvgIpc) is 1.96. The van der Waals surface area contributed by atoms with E-state index in [1.807, 2.05) is 20.8 Å². The molecule has 0 fully saturated rings. The topological polar surface area (TPSA) is 43.4 Å². The van der Waals surface area contributed by atoms with E-state index in [1.165, 1.54) is 6.92 Å². The Morgan fingerprint density at radius 3 is 2.21 bits per heavy atom. The summed E-state index contributed by atoms with van der Waals surface area (Å²) in [5.41, 5.74) is -0.452. The lowest BCUT2D eigenvalue weighted by atomic mass is 10.1. The molecule has 0 saturated carbocycles. The smallest absolute Gasteiger partial charge is 0.310 e. The summed E-state index contributed by atoms with van der Waals surface area (Å²) in [6.07, 6.45) is 0. The van der Waals surface area contributed by atoms with E-state index < -0.39 is 5.60 Å². The molecular formula is C10H18O3S. The molecule has 0 radical (unpaired) electrons. The fourth-order valence-electron chi connectivity index (χ4n) is 0.713. The molecule has 3 nitrogen and oxygen atoms in total. The Hall–Kier alpha value is -0.510. The minimum Gasteiger partial charge on any atom is -0.460 e. The lowest BCUT2D eigenvalue weighted by Gasteiger charge is -2.21. The van der Waals surface area contributed by atoms with Gasteiger partial charge < -0.3 is 4.74 Å². The molecule has 0 aliphatic heterocycles. The molecule has 0 saturated heterocycles. The summed E-state index contributed by atoms with van der Waals surface area (Å²) in [6.45, 7) is 8.75. The van der Waals surface area contributed by atoms with Gasteiger partial charge in [-0.3, -0.25) is 9.59 Å². The number of rotatable bonds is 3. The summed E-state index contributed by atoms with van der Waals surface area (Å²) in [4.78, 5) is 22.1. The fourth-order valence-corrected chi connectivity index (χ4v) is 1.33. The van der Waals surface area contributed by atoms with Gasteiger partial charge in [0.25, 0.3) is 0 Å². The van der Waals surface area contributed by atoms with Crippen molar-refractivity contribution >= 4 is 22.8 Å². The highest BCUT2D eigenvalue weighted by Crippen LogP contribution is 2.15. The number of thioether (sulfide) groups is 1. The van der Waals surface area contributed by atoms with Gasteiger partial charge in [0, 0.05) is 12.7 Å². The number of carbonyl (C=O) groups excluding carboxylic acids is 2. The highest BCUT2D eigenvalue weighted by atomic mass is 32.2. The third kappa shape index (κ3) is 6.95. The van der Waals surface area contributed by atoms with Crippen LogP contribution in [0.15, 0.2) is 0 Å². The van der Waals surface area contributed by atoms with Crippen LogP contribution in [0.3, 0.4) is 0 Å². The molecule has 0 heterocycles. The molecule has 1 unspecified atom stereocenters. The summed E-state index contributed by atoms with van der Waals surface area (Å²) in [5.74, 6) is 0.0129. The molecule has 0 aliphatic rings. The molecule has 14 heavy (non-hydrogen) atoms. The van der Waals surface area contributed by atoms with Gasteiger partial charge in [-0.15, -0.1) is 0 Å². The summed E-state index contributed by atoms with van der Waals surface area (Å²) < 4.78 is 5.17. The maximum Gasteiger partial charge on any atom is 0.310 e. The van der Waals surface area contributed by atoms with Gasteiger partial charge in [0.15, 0.2) is 5.12 Å². The van der Waals surface area contributed by atoms with Gasteiger partial charge in [-0.1, -0.05) is 18.7 Å². The van der Waals surface area contributed by atoms with Crippen molar-refractivity contribution in [2.75, 3.05) is 5.75 Å². The summed E-state index contributed by atoms with van der Waals surface area (Å²) in [5, 5.41) is 0.0282. The molecule has 0 rings (SSSR count). The van der Waals surface area contributed by atoms with Gasteiger partial charge in [0.05, 0.1) is 5.92 Å². The first-order chi connectivity index (χ1) is 6.22. The van der Waals surface area contributed by atoms with Crippen molar-refractivity contribution in [2.45, 2.75) is 40.2 Å². The van der Waals surface area contributed by atoms with Crippen molar-refractivity contribution in [3.63, 3.8) is 0 Å². The Bertz CT molecular complexity index is 218. The Balaban J connectivity index is 3.94. The molecule has 0 aromatic carbocycles. The Morgan fingerprint density at radius 2 is 1.86 bits per heavy atom. The fraction of sp³-hybridized carbons (Fsp3) is 0.800. The predicted octanol–water partition coefficient (Wildman–Crippen LogP) is 2.24. The second-order valence-corrected chi connectivity index (χ2v) is 5.43. The first kappa shape index (κ1) is 13.5. The molecule has 0 spiro atoms. The van der Waals surface area contributed by atoms with Crippen molar-refractivity contribution in [1.82, 2.24) is 0 Å². The van der Waals surface area contributed by atoms with E-state index in [0.717, 1.165) is 11.8 Å². The van der Waals surface area contributed by atoms with E-state index in [2.05, 4.69) is 0 Å². The molecule has 0 N–H and O–H groups in total. The second kappa shape index (κ2) is 5.39. The van der Waals surface area contributed by atoms with Crippen LogP contribution < -0.4 is 0 Å². The number of ether oxygens (including phenoxy) is 1. The molecule has 0 aliphatic carbocycles. The third-order valence-corrected chi connectivity index (χ3v) is 2.42. The quantitative estimate of drug-likeness (QED) is 0.681. The van der Waals surface area contributed by atoms with Gasteiger partial charge >= 0.3 is 5.97 Å². The van der Waals surface area contributed by atoms with Crippen LogP contribution in [0.4, 0.5) is 0 Å². The van der Waals surface area contributed by atoms with Crippen molar-refractivity contribution < 1.29 is 14.3 Å². The van der Waals surface area contributed by atoms with E-state index in [1.54, 1.807) is 6.92 Å². The third-order valence-electron chi connectivity index (χ3n) is 1.35. The van der Waals surface area contributed by atoms with Gasteiger partial charge in [0.1, 0.15) is 5.60 Å². The standard InChI is InChI=1S/C10H18O3S/c1-7(6-14-8(2)11)9(12)13-10(3,4)5/h7H,6H2,1-5H3. The molecule has 0 aromatic rings. The Kier molecular flexibility index (Phi) is 5.19. The highest BCUT2D eigenvalue weighted by molar-refractivity contribution is 8.13. The minimum atomic E-state index is -0.452. The number of esters is 1. The summed E-state index contributed by atoms with van der Waals surface area (Å²) in [7, 11) is 0. The van der Waals surface area contributed by atoms with Crippen LogP contribution in [0, 0.1) is 5.92 Å². The molecule has 82 valence electrons. The van der Waals surface area contributed by atoms with E-state index in [0.29, 0.717) is 5.75 Å². The first-order valence-electron chi connectivity index (χ1n) is 4.58. The Morgan fingerprint density at radius 1 is 1.36 bits per heavy atom. The van der Waals surface area contributed by atoms with E-state index in [4.69, 9.17) is 4.74 Å². The lowest BCUT2D eigenvalue weighted by Crippen LogP contribution is -2.28. The lowest BCUT2D eigenvalue weighted by molar-refractivity contribution is -0.158. The van der Waals surface area contributed by atoms with Gasteiger partial charge in [-0.05, 0) is 20.8 Å². The number of hydrogen-bond acceptors (Lipinski definition) is 4. The number of hydrogen-bond donors (Lipinski definition) is 0. The van der Waals surface area contributed by atoms with Gasteiger partial charge in [-0.2, -0.15) is 0 Å². The highest BCUT2D eigenvalue weighted by Gasteiger charge is 2.21. The zero-order chi connectivity index (χ0) is 11.4. The Labute approximate surface area is 89.6 Å². The maximum absolute atomic E-state index is 11.4. The largest absolute Gasteiger partial charge is 0.460 e. The molecule has 4 heteroatoms. The molecular weight excluding hydrogens is 200 g/mol. The van der Waals surface area contributed by atoms with Gasteiger partial charge in [-0.25, -0.2) is 0 Å². The van der Waals surface area contributed by atoms with Crippen LogP contribution in [0.25, 0.3) is 0 Å². The SMILES string of the molecule is CC(=O)SCC(C)C(=O)OC(C)(C)C. The van der Waals surface area contributed by atoms with Crippen molar-refractivity contribution in [3.05, 3.63) is 0 Å². The van der Waals surface area contributed by atoms with Crippen LogP contribution in [0.1, 0.15) is 34.6 Å². The van der Waals surface area contributed by atoms with Crippen LogP contribution >= 0.6 is 11.8 Å². The van der Waals surface area contributed by atoms with Crippen LogP contribution in [0.5, 0.6) is 0 Å². The van der Waals surface area contributed by atoms with Crippen LogP contribution in [-0.2, 0) is 14.3 Å². The summed E-state index contributed by atoms with van der Waals surface area (Å²) in [6, 6.07) is 0. The van der Waals surface area contributed by atoms with Crippen LogP contribution in [-0.4, -0.2) is 22.4 Å². The normalized spacial score (nSPS) is 13.5. The van der Waals surface area contributed by atoms with Crippen molar-refractivity contribution in [3.8, 4) is 0 Å². The zero-order valence-corrected chi connectivity index (χ0v) is 10.2. The van der Waals surface area contributed by atoms with Crippen LogP contribution in [0.2, 0.25) is 0 Å². The second-order valence-electron chi connectivity index (χ2n) is 4.24.